The number of esters is 1. The summed E-state index contributed by atoms with van der Waals surface area (Å²) in [6, 6.07) is 11.6. The Bertz CT molecular complexity index is 1510. The van der Waals surface area contributed by atoms with Crippen LogP contribution in [0.2, 0.25) is 0 Å². The average Bonchev–Trinajstić information content (AvgIpc) is 3.06. The van der Waals surface area contributed by atoms with Crippen LogP contribution in [-0.4, -0.2) is 98.1 Å². The number of hydrogen-bond donors (Lipinski definition) is 0. The number of halogens is 1. The third-order valence-electron chi connectivity index (χ3n) is 8.39. The third kappa shape index (κ3) is 9.13. The Labute approximate surface area is 282 Å². The smallest absolute Gasteiger partial charge is 0.312 e. The first-order valence-electron chi connectivity index (χ1n) is 16.2. The number of ether oxygens (including phenoxy) is 3. The van der Waals surface area contributed by atoms with Gasteiger partial charge in [0.25, 0.3) is 0 Å². The van der Waals surface area contributed by atoms with Crippen molar-refractivity contribution in [2.24, 2.45) is 5.41 Å². The van der Waals surface area contributed by atoms with Crippen molar-refractivity contribution in [1.29, 1.82) is 0 Å². The van der Waals surface area contributed by atoms with Gasteiger partial charge in [0.2, 0.25) is 5.88 Å². The van der Waals surface area contributed by atoms with Gasteiger partial charge in [0.05, 0.1) is 53.9 Å². The monoisotopic (exact) mass is 666 g/mol. The maximum absolute atomic E-state index is 15.6. The number of benzene rings is 1. The van der Waals surface area contributed by atoms with Crippen LogP contribution in [-0.2, 0) is 20.8 Å². The first-order chi connectivity index (χ1) is 22.5. The molecule has 10 nitrogen and oxygen atoms in total. The molecule has 2 fully saturated rings. The zero-order chi connectivity index (χ0) is 33.6. The van der Waals surface area contributed by atoms with Crippen molar-refractivity contribution >= 4 is 29.3 Å². The van der Waals surface area contributed by atoms with Crippen molar-refractivity contribution in [3.05, 3.63) is 60.2 Å². The molecule has 2 aliphatic heterocycles. The number of rotatable bonds is 11. The van der Waals surface area contributed by atoms with Crippen LogP contribution < -0.4 is 13.9 Å². The largest absolute Gasteiger partial charge is 0.480 e. The van der Waals surface area contributed by atoms with E-state index < -0.39 is 5.41 Å². The zero-order valence-corrected chi connectivity index (χ0v) is 29.2. The number of piperazine rings is 1. The highest BCUT2D eigenvalue weighted by molar-refractivity contribution is 8.00. The summed E-state index contributed by atoms with van der Waals surface area (Å²) in [7, 11) is 1.58. The Kier molecular flexibility index (Phi) is 11.6. The first kappa shape index (κ1) is 34.9. The number of pyridine rings is 2. The van der Waals surface area contributed by atoms with Crippen LogP contribution in [0.3, 0.4) is 0 Å². The summed E-state index contributed by atoms with van der Waals surface area (Å²) >= 11 is 1.34. The number of nitrogens with zero attached hydrogens (tertiary/aromatic N) is 6. The summed E-state index contributed by atoms with van der Waals surface area (Å²) in [4.78, 5) is 29.7. The lowest BCUT2D eigenvalue weighted by atomic mass is 9.98. The van der Waals surface area contributed by atoms with Gasteiger partial charge in [0.15, 0.2) is 6.73 Å². The van der Waals surface area contributed by atoms with E-state index in [0.29, 0.717) is 48.6 Å². The molecule has 254 valence electrons. The van der Waals surface area contributed by atoms with E-state index in [1.54, 1.807) is 31.6 Å². The summed E-state index contributed by atoms with van der Waals surface area (Å²) in [6.45, 7) is 17.3. The van der Waals surface area contributed by atoms with Crippen molar-refractivity contribution in [2.45, 2.75) is 52.1 Å². The first-order valence-corrected chi connectivity index (χ1v) is 17.0. The van der Waals surface area contributed by atoms with E-state index in [4.69, 9.17) is 14.2 Å². The van der Waals surface area contributed by atoms with Crippen molar-refractivity contribution in [1.82, 2.24) is 19.8 Å². The van der Waals surface area contributed by atoms with Crippen LogP contribution >= 0.6 is 11.9 Å². The van der Waals surface area contributed by atoms with Gasteiger partial charge < -0.3 is 19.1 Å². The van der Waals surface area contributed by atoms with Crippen LogP contribution in [0.25, 0.3) is 11.3 Å². The number of anilines is 2. The molecular weight excluding hydrogens is 619 g/mol. The molecule has 0 spiro atoms. The molecule has 0 saturated carbocycles. The molecule has 0 unspecified atom stereocenters. The standard InChI is InChI=1S/C35H47FN6O4S/c1-25(2)40-13-11-39(12-14-40)23-26-7-8-29(30(36)19-26)31-20-27(9-10-37-31)42(24-46-34(43)35(3,4)5)47-32-21-28(22-38-33(32)44-6)41-15-17-45-18-16-41/h7-10,19-22,25H,11-18,23-24H2,1-6H3. The van der Waals surface area contributed by atoms with Crippen molar-refractivity contribution in [2.75, 3.05) is 75.5 Å². The Morgan fingerprint density at radius 1 is 1.04 bits per heavy atom. The van der Waals surface area contributed by atoms with Crippen molar-refractivity contribution in [3.8, 4) is 17.1 Å². The predicted molar refractivity (Wildman–Crippen MR) is 184 cm³/mol. The van der Waals surface area contributed by atoms with Crippen LogP contribution in [0.4, 0.5) is 15.8 Å². The number of morpholine rings is 1. The molecule has 1 aromatic carbocycles. The van der Waals surface area contributed by atoms with Gasteiger partial charge in [-0.1, -0.05) is 6.07 Å². The topological polar surface area (TPSA) is 83.5 Å². The second kappa shape index (κ2) is 15.6. The van der Waals surface area contributed by atoms with Crippen LogP contribution in [0, 0.1) is 11.2 Å². The molecule has 0 aliphatic carbocycles. The molecule has 0 radical (unpaired) electrons. The molecule has 0 atom stereocenters. The summed E-state index contributed by atoms with van der Waals surface area (Å²) in [6.07, 6.45) is 3.44. The average molecular weight is 667 g/mol. The van der Waals surface area contributed by atoms with Crippen LogP contribution in [0.15, 0.2) is 53.7 Å². The Morgan fingerprint density at radius 3 is 2.45 bits per heavy atom. The van der Waals surface area contributed by atoms with Gasteiger partial charge >= 0.3 is 5.97 Å². The minimum atomic E-state index is -0.678. The van der Waals surface area contributed by atoms with E-state index in [1.807, 2.05) is 49.3 Å². The summed E-state index contributed by atoms with van der Waals surface area (Å²) < 4.78 is 34.4. The SMILES string of the molecule is COc1ncc(N2CCOCC2)cc1SN(COC(=O)C(C)(C)C)c1ccnc(-c2ccc(CN3CCN(C(C)C)CC3)cc2F)c1. The van der Waals surface area contributed by atoms with E-state index in [-0.39, 0.29) is 18.5 Å². The molecule has 2 aliphatic rings. The summed E-state index contributed by atoms with van der Waals surface area (Å²) in [5.41, 5.74) is 2.78. The van der Waals surface area contributed by atoms with Crippen molar-refractivity contribution < 1.29 is 23.4 Å². The molecule has 0 N–H and O–H groups in total. The Balaban J connectivity index is 1.38. The van der Waals surface area contributed by atoms with Gasteiger partial charge in [0, 0.05) is 63.6 Å². The maximum atomic E-state index is 15.6. The molecule has 2 aromatic heterocycles. The van der Waals surface area contributed by atoms with E-state index in [0.717, 1.165) is 55.4 Å². The van der Waals surface area contributed by atoms with Gasteiger partial charge in [0.1, 0.15) is 5.82 Å². The van der Waals surface area contributed by atoms with Gasteiger partial charge in [-0.3, -0.25) is 23.9 Å². The normalized spacial score (nSPS) is 16.4. The van der Waals surface area contributed by atoms with Gasteiger partial charge in [-0.25, -0.2) is 9.37 Å². The summed E-state index contributed by atoms with van der Waals surface area (Å²) in [5.74, 6) is -0.215. The van der Waals surface area contributed by atoms with Gasteiger partial charge in [-0.2, -0.15) is 0 Å². The Morgan fingerprint density at radius 2 is 1.79 bits per heavy atom. The minimum Gasteiger partial charge on any atom is -0.480 e. The number of aromatic nitrogens is 2. The number of carbonyl (C=O) groups excluding carboxylic acids is 1. The molecule has 4 heterocycles. The Hall–Kier alpha value is -3.45. The molecule has 0 bridgehead atoms. The highest BCUT2D eigenvalue weighted by Crippen LogP contribution is 2.37. The number of hydrogen-bond acceptors (Lipinski definition) is 11. The fraction of sp³-hybridized carbons (Fsp3) is 0.514. The highest BCUT2D eigenvalue weighted by atomic mass is 32.2. The van der Waals surface area contributed by atoms with Gasteiger partial charge in [-0.05, 0) is 82.5 Å². The quantitative estimate of drug-likeness (QED) is 0.143. The van der Waals surface area contributed by atoms with E-state index in [2.05, 4.69) is 38.5 Å². The maximum Gasteiger partial charge on any atom is 0.312 e. The second-order valence-corrected chi connectivity index (χ2v) is 14.3. The summed E-state index contributed by atoms with van der Waals surface area (Å²) in [5, 5.41) is 0. The third-order valence-corrected chi connectivity index (χ3v) is 9.42. The molecule has 2 saturated heterocycles. The lowest BCUT2D eigenvalue weighted by Gasteiger charge is -2.36. The fourth-order valence-corrected chi connectivity index (χ4v) is 6.47. The van der Waals surface area contributed by atoms with E-state index in [9.17, 15) is 4.79 Å². The molecule has 47 heavy (non-hydrogen) atoms. The molecule has 5 rings (SSSR count). The lowest BCUT2D eigenvalue weighted by Crippen LogP contribution is -2.48. The molecule has 3 aromatic rings. The van der Waals surface area contributed by atoms with Crippen LogP contribution in [0.1, 0.15) is 40.2 Å². The predicted octanol–water partition coefficient (Wildman–Crippen LogP) is 5.71. The van der Waals surface area contributed by atoms with Crippen molar-refractivity contribution in [3.63, 3.8) is 0 Å². The molecular formula is C35H47FN6O4S. The van der Waals surface area contributed by atoms with Gasteiger partial charge in [-0.15, -0.1) is 0 Å². The zero-order valence-electron chi connectivity index (χ0n) is 28.4. The fourth-order valence-electron chi connectivity index (χ4n) is 5.52. The van der Waals surface area contributed by atoms with E-state index >= 15 is 4.39 Å². The number of carbonyl (C=O) groups is 1. The number of methoxy groups -OCH3 is 1. The van der Waals surface area contributed by atoms with Crippen LogP contribution in [0.5, 0.6) is 5.88 Å². The molecule has 12 heteroatoms. The highest BCUT2D eigenvalue weighted by Gasteiger charge is 2.26. The molecule has 0 amide bonds. The van der Waals surface area contributed by atoms with E-state index in [1.165, 1.54) is 11.9 Å². The minimum absolute atomic E-state index is 0.0549. The lowest BCUT2D eigenvalue weighted by molar-refractivity contribution is -0.152. The second-order valence-electron chi connectivity index (χ2n) is 13.2.